The number of carbonyl (C=O) groups excluding carboxylic acids is 1. The van der Waals surface area contributed by atoms with E-state index in [0.29, 0.717) is 19.6 Å². The molecule has 1 aliphatic rings. The summed E-state index contributed by atoms with van der Waals surface area (Å²) in [6.07, 6.45) is 4.16. The molecule has 1 aromatic rings. The van der Waals surface area contributed by atoms with Gasteiger partial charge in [0, 0.05) is 13.1 Å². The number of nitrogens with zero attached hydrogens (tertiary/aromatic N) is 1. The van der Waals surface area contributed by atoms with Crippen LogP contribution in [0, 0.1) is 5.92 Å². The first-order chi connectivity index (χ1) is 13.4. The number of hydrogen-bond acceptors (Lipinski definition) is 4. The van der Waals surface area contributed by atoms with E-state index in [1.165, 1.54) is 4.31 Å². The van der Waals surface area contributed by atoms with Gasteiger partial charge in [0.1, 0.15) is 5.75 Å². The van der Waals surface area contributed by atoms with Crippen molar-refractivity contribution in [3.63, 3.8) is 0 Å². The second-order valence-corrected chi connectivity index (χ2v) is 9.60. The minimum absolute atomic E-state index is 0.0767. The van der Waals surface area contributed by atoms with Crippen molar-refractivity contribution in [2.75, 3.05) is 25.4 Å². The van der Waals surface area contributed by atoms with Crippen molar-refractivity contribution in [2.45, 2.75) is 58.9 Å². The summed E-state index contributed by atoms with van der Waals surface area (Å²) >= 11 is 0. The Balaban J connectivity index is 1.90. The topological polar surface area (TPSA) is 75.7 Å². The summed E-state index contributed by atoms with van der Waals surface area (Å²) in [6.45, 7) is 7.43. The van der Waals surface area contributed by atoms with Crippen molar-refractivity contribution in [3.05, 3.63) is 29.8 Å². The SMILES string of the molecule is CCCCOc1ccc([C@H](C)NC(=O)[C@@H]2CCCN(S(=O)(=O)CCC)C2)cc1. The van der Waals surface area contributed by atoms with Crippen molar-refractivity contribution in [1.29, 1.82) is 0 Å². The first kappa shape index (κ1) is 22.7. The van der Waals surface area contributed by atoms with E-state index >= 15 is 0 Å². The highest BCUT2D eigenvalue weighted by Gasteiger charge is 2.32. The Morgan fingerprint density at radius 1 is 1.25 bits per heavy atom. The lowest BCUT2D eigenvalue weighted by molar-refractivity contribution is -0.126. The highest BCUT2D eigenvalue weighted by Crippen LogP contribution is 2.22. The maximum atomic E-state index is 12.7. The molecule has 1 N–H and O–H groups in total. The summed E-state index contributed by atoms with van der Waals surface area (Å²) in [4.78, 5) is 12.7. The molecule has 0 spiro atoms. The van der Waals surface area contributed by atoms with Crippen LogP contribution in [0.3, 0.4) is 0 Å². The number of sulfonamides is 1. The average molecular weight is 411 g/mol. The zero-order valence-electron chi connectivity index (χ0n) is 17.3. The molecule has 1 amide bonds. The van der Waals surface area contributed by atoms with E-state index < -0.39 is 10.0 Å². The predicted molar refractivity (Wildman–Crippen MR) is 112 cm³/mol. The van der Waals surface area contributed by atoms with Crippen LogP contribution < -0.4 is 10.1 Å². The molecule has 2 rings (SSSR count). The Kier molecular flexibility index (Phi) is 8.76. The van der Waals surface area contributed by atoms with E-state index in [2.05, 4.69) is 12.2 Å². The number of unbranched alkanes of at least 4 members (excludes halogenated alkanes) is 1. The molecule has 1 fully saturated rings. The van der Waals surface area contributed by atoms with Crippen LogP contribution in [0.15, 0.2) is 24.3 Å². The first-order valence-corrected chi connectivity index (χ1v) is 12.0. The molecule has 0 radical (unpaired) electrons. The molecule has 7 heteroatoms. The molecule has 0 saturated carbocycles. The number of amides is 1. The van der Waals surface area contributed by atoms with E-state index in [0.717, 1.165) is 37.0 Å². The predicted octanol–water partition coefficient (Wildman–Crippen LogP) is 3.49. The molecular formula is C21H34N2O4S. The maximum Gasteiger partial charge on any atom is 0.224 e. The summed E-state index contributed by atoms with van der Waals surface area (Å²) in [6, 6.07) is 7.64. The lowest BCUT2D eigenvalue weighted by Crippen LogP contribution is -2.46. The molecule has 1 heterocycles. The van der Waals surface area contributed by atoms with Crippen molar-refractivity contribution < 1.29 is 17.9 Å². The molecule has 1 aliphatic heterocycles. The number of hydrogen-bond donors (Lipinski definition) is 1. The molecule has 6 nitrogen and oxygen atoms in total. The Bertz CT molecular complexity index is 718. The third-order valence-corrected chi connectivity index (χ3v) is 7.16. The van der Waals surface area contributed by atoms with Gasteiger partial charge in [-0.3, -0.25) is 4.79 Å². The van der Waals surface area contributed by atoms with E-state index in [9.17, 15) is 13.2 Å². The van der Waals surface area contributed by atoms with Crippen LogP contribution in [0.4, 0.5) is 0 Å². The summed E-state index contributed by atoms with van der Waals surface area (Å²) in [5.74, 6) is 0.608. The highest BCUT2D eigenvalue weighted by atomic mass is 32.2. The van der Waals surface area contributed by atoms with Gasteiger partial charge in [0.2, 0.25) is 15.9 Å². The fraction of sp³-hybridized carbons (Fsp3) is 0.667. The highest BCUT2D eigenvalue weighted by molar-refractivity contribution is 7.89. The van der Waals surface area contributed by atoms with Gasteiger partial charge < -0.3 is 10.1 Å². The van der Waals surface area contributed by atoms with Crippen molar-refractivity contribution >= 4 is 15.9 Å². The van der Waals surface area contributed by atoms with Gasteiger partial charge in [0.15, 0.2) is 0 Å². The molecule has 2 atom stereocenters. The molecule has 158 valence electrons. The lowest BCUT2D eigenvalue weighted by Gasteiger charge is -2.31. The zero-order valence-corrected chi connectivity index (χ0v) is 18.1. The largest absolute Gasteiger partial charge is 0.494 e. The Hall–Kier alpha value is -1.60. The average Bonchev–Trinajstić information content (AvgIpc) is 2.68. The third kappa shape index (κ3) is 6.48. The smallest absolute Gasteiger partial charge is 0.224 e. The summed E-state index contributed by atoms with van der Waals surface area (Å²) < 4.78 is 31.8. The molecule has 1 saturated heterocycles. The van der Waals surface area contributed by atoms with Gasteiger partial charge in [-0.1, -0.05) is 32.4 Å². The fourth-order valence-corrected chi connectivity index (χ4v) is 4.99. The molecule has 1 aromatic carbocycles. The van der Waals surface area contributed by atoms with Crippen LogP contribution in [0.2, 0.25) is 0 Å². The van der Waals surface area contributed by atoms with Gasteiger partial charge in [-0.25, -0.2) is 12.7 Å². The quantitative estimate of drug-likeness (QED) is 0.599. The molecule has 0 aromatic heterocycles. The number of carbonyl (C=O) groups is 1. The van der Waals surface area contributed by atoms with Gasteiger partial charge >= 0.3 is 0 Å². The van der Waals surface area contributed by atoms with E-state index in [1.54, 1.807) is 0 Å². The number of benzene rings is 1. The van der Waals surface area contributed by atoms with E-state index in [-0.39, 0.29) is 30.2 Å². The van der Waals surface area contributed by atoms with Crippen molar-refractivity contribution in [3.8, 4) is 5.75 Å². The monoisotopic (exact) mass is 410 g/mol. The van der Waals surface area contributed by atoms with Gasteiger partial charge in [-0.15, -0.1) is 0 Å². The second kappa shape index (κ2) is 10.8. The van der Waals surface area contributed by atoms with Crippen LogP contribution in [-0.2, 0) is 14.8 Å². The number of rotatable bonds is 10. The minimum atomic E-state index is -3.26. The molecule has 0 unspecified atom stereocenters. The minimum Gasteiger partial charge on any atom is -0.494 e. The zero-order chi connectivity index (χ0) is 20.6. The van der Waals surface area contributed by atoms with Crippen molar-refractivity contribution in [1.82, 2.24) is 9.62 Å². The molecular weight excluding hydrogens is 376 g/mol. The van der Waals surface area contributed by atoms with Gasteiger partial charge in [-0.05, 0) is 50.3 Å². The number of nitrogens with one attached hydrogen (secondary N) is 1. The summed E-state index contributed by atoms with van der Waals surface area (Å²) in [5.41, 5.74) is 1.00. The standard InChI is InChI=1S/C21H34N2O4S/c1-4-6-14-27-20-11-9-18(10-12-20)17(3)22-21(24)19-8-7-13-23(16-19)28(25,26)15-5-2/h9-12,17,19H,4-8,13-16H2,1-3H3,(H,22,24)/t17-,19+/m0/s1. The Labute approximate surface area is 169 Å². The Morgan fingerprint density at radius 2 is 1.96 bits per heavy atom. The summed E-state index contributed by atoms with van der Waals surface area (Å²) in [7, 11) is -3.26. The lowest BCUT2D eigenvalue weighted by atomic mass is 9.98. The maximum absolute atomic E-state index is 12.7. The first-order valence-electron chi connectivity index (χ1n) is 10.4. The summed E-state index contributed by atoms with van der Waals surface area (Å²) in [5, 5.41) is 3.04. The van der Waals surface area contributed by atoms with Crippen LogP contribution in [0.25, 0.3) is 0 Å². The Morgan fingerprint density at radius 3 is 2.61 bits per heavy atom. The second-order valence-electron chi connectivity index (χ2n) is 7.51. The van der Waals surface area contributed by atoms with Gasteiger partial charge in [0.05, 0.1) is 24.3 Å². The van der Waals surface area contributed by atoms with Crippen LogP contribution in [0.1, 0.15) is 64.5 Å². The van der Waals surface area contributed by atoms with Crippen LogP contribution in [0.5, 0.6) is 5.75 Å². The van der Waals surface area contributed by atoms with E-state index in [1.807, 2.05) is 38.1 Å². The van der Waals surface area contributed by atoms with Gasteiger partial charge in [-0.2, -0.15) is 0 Å². The molecule has 0 aliphatic carbocycles. The van der Waals surface area contributed by atoms with Crippen LogP contribution in [-0.4, -0.2) is 44.1 Å². The molecule has 0 bridgehead atoms. The molecule has 28 heavy (non-hydrogen) atoms. The van der Waals surface area contributed by atoms with Crippen molar-refractivity contribution in [2.24, 2.45) is 5.92 Å². The third-order valence-electron chi connectivity index (χ3n) is 5.12. The van der Waals surface area contributed by atoms with Gasteiger partial charge in [0.25, 0.3) is 0 Å². The fourth-order valence-electron chi connectivity index (χ4n) is 3.40. The number of ether oxygens (including phenoxy) is 1. The normalized spacial score (nSPS) is 19.2. The number of piperidine rings is 1. The van der Waals surface area contributed by atoms with Crippen LogP contribution >= 0.6 is 0 Å². The van der Waals surface area contributed by atoms with E-state index in [4.69, 9.17) is 4.74 Å².